The van der Waals surface area contributed by atoms with Gasteiger partial charge in [-0.2, -0.15) is 0 Å². The van der Waals surface area contributed by atoms with Gasteiger partial charge in [-0.15, -0.1) is 0 Å². The number of rotatable bonds is 2. The van der Waals surface area contributed by atoms with Crippen molar-refractivity contribution in [3.63, 3.8) is 0 Å². The van der Waals surface area contributed by atoms with Crippen LogP contribution >= 0.6 is 0 Å². The lowest BCUT2D eigenvalue weighted by Crippen LogP contribution is -2.01. The maximum Gasteiger partial charge on any atom is 0.125 e. The maximum atomic E-state index is 10.6. The van der Waals surface area contributed by atoms with Gasteiger partial charge in [0.2, 0.25) is 0 Å². The monoisotopic (exact) mass is 254 g/mol. The molecule has 1 N–H and O–H groups in total. The van der Waals surface area contributed by atoms with Crippen LogP contribution in [0.1, 0.15) is 41.7 Å². The molecular weight excluding hydrogens is 236 g/mol. The molecule has 0 aromatic heterocycles. The molecule has 0 radical (unpaired) electrons. The Morgan fingerprint density at radius 2 is 2.00 bits per heavy atom. The molecule has 1 unspecified atom stereocenters. The molecule has 3 rings (SSSR count). The molecule has 0 aliphatic carbocycles. The van der Waals surface area contributed by atoms with Crippen LogP contribution in [0.5, 0.6) is 5.75 Å². The molecule has 0 amide bonds. The Hall–Kier alpha value is -1.80. The second-order valence-electron chi connectivity index (χ2n) is 5.01. The fraction of sp³-hybridized carbons (Fsp3) is 0.294. The van der Waals surface area contributed by atoms with Crippen molar-refractivity contribution in [1.82, 2.24) is 0 Å². The first-order valence-corrected chi connectivity index (χ1v) is 6.81. The summed E-state index contributed by atoms with van der Waals surface area (Å²) < 4.78 is 5.82. The van der Waals surface area contributed by atoms with Crippen molar-refractivity contribution in [3.05, 3.63) is 64.7 Å². The summed E-state index contributed by atoms with van der Waals surface area (Å²) in [6.45, 7) is 2.68. The number of aliphatic hydroxyl groups excluding tert-OH is 1. The molecule has 2 aromatic carbocycles. The Bertz CT molecular complexity index is 590. The minimum absolute atomic E-state index is 0.521. The van der Waals surface area contributed by atoms with Crippen molar-refractivity contribution in [2.45, 2.75) is 32.5 Å². The smallest absolute Gasteiger partial charge is 0.125 e. The fourth-order valence-corrected chi connectivity index (χ4v) is 2.64. The zero-order chi connectivity index (χ0) is 13.2. The Morgan fingerprint density at radius 3 is 2.84 bits per heavy atom. The van der Waals surface area contributed by atoms with Gasteiger partial charge in [-0.05, 0) is 35.2 Å². The fourth-order valence-electron chi connectivity index (χ4n) is 2.64. The van der Waals surface area contributed by atoms with E-state index in [-0.39, 0.29) is 0 Å². The molecular formula is C17H18O2. The molecule has 2 heteroatoms. The number of hydrogen-bond acceptors (Lipinski definition) is 2. The van der Waals surface area contributed by atoms with Gasteiger partial charge in [0.15, 0.2) is 0 Å². The zero-order valence-corrected chi connectivity index (χ0v) is 11.1. The molecule has 1 atom stereocenters. The normalized spacial score (nSPS) is 17.1. The Balaban J connectivity index is 2.07. The van der Waals surface area contributed by atoms with Gasteiger partial charge in [0, 0.05) is 5.56 Å². The summed E-state index contributed by atoms with van der Waals surface area (Å²) in [5, 5.41) is 10.6. The third-order valence-electron chi connectivity index (χ3n) is 3.64. The van der Waals surface area contributed by atoms with E-state index in [0.717, 1.165) is 35.3 Å². The van der Waals surface area contributed by atoms with Crippen LogP contribution < -0.4 is 4.74 Å². The molecule has 0 saturated carbocycles. The topological polar surface area (TPSA) is 29.5 Å². The molecule has 1 aliphatic rings. The van der Waals surface area contributed by atoms with E-state index < -0.39 is 6.10 Å². The summed E-state index contributed by atoms with van der Waals surface area (Å²) in [5.41, 5.74) is 4.15. The molecule has 0 bridgehead atoms. The van der Waals surface area contributed by atoms with E-state index in [4.69, 9.17) is 4.74 Å². The first-order valence-electron chi connectivity index (χ1n) is 6.81. The molecule has 1 heterocycles. The van der Waals surface area contributed by atoms with Crippen molar-refractivity contribution in [3.8, 4) is 5.75 Å². The molecule has 0 spiro atoms. The second kappa shape index (κ2) is 5.06. The molecule has 2 aromatic rings. The quantitative estimate of drug-likeness (QED) is 0.887. The number of fused-ring (bicyclic) bond motifs is 2. The summed E-state index contributed by atoms with van der Waals surface area (Å²) >= 11 is 0. The van der Waals surface area contributed by atoms with E-state index in [0.29, 0.717) is 6.61 Å². The number of hydrogen-bond donors (Lipinski definition) is 1. The molecule has 2 nitrogen and oxygen atoms in total. The van der Waals surface area contributed by atoms with Crippen LogP contribution in [0.15, 0.2) is 42.5 Å². The largest absolute Gasteiger partial charge is 0.488 e. The van der Waals surface area contributed by atoms with Crippen LogP contribution in [-0.4, -0.2) is 5.11 Å². The molecule has 1 aliphatic heterocycles. The highest BCUT2D eigenvalue weighted by Gasteiger charge is 2.22. The number of benzene rings is 2. The predicted molar refractivity (Wildman–Crippen MR) is 75.3 cm³/mol. The minimum atomic E-state index is -0.592. The summed E-state index contributed by atoms with van der Waals surface area (Å²) in [4.78, 5) is 0. The van der Waals surface area contributed by atoms with Crippen molar-refractivity contribution in [2.24, 2.45) is 0 Å². The average molecular weight is 254 g/mol. The summed E-state index contributed by atoms with van der Waals surface area (Å²) in [6, 6.07) is 14.1. The van der Waals surface area contributed by atoms with E-state index in [1.165, 1.54) is 5.56 Å². The lowest BCUT2D eigenvalue weighted by atomic mass is 9.95. The number of aliphatic hydroxyl groups is 1. The maximum absolute atomic E-state index is 10.6. The van der Waals surface area contributed by atoms with Crippen molar-refractivity contribution in [2.75, 3.05) is 0 Å². The SMILES string of the molecule is CCCc1ccc2c(c1)C(O)c1ccccc1CO2. The first kappa shape index (κ1) is 12.2. The zero-order valence-electron chi connectivity index (χ0n) is 11.1. The van der Waals surface area contributed by atoms with Crippen LogP contribution in [0.4, 0.5) is 0 Å². The van der Waals surface area contributed by atoms with E-state index in [9.17, 15) is 5.11 Å². The van der Waals surface area contributed by atoms with E-state index in [2.05, 4.69) is 19.1 Å². The Morgan fingerprint density at radius 1 is 1.16 bits per heavy atom. The summed E-state index contributed by atoms with van der Waals surface area (Å²) in [6.07, 6.45) is 1.54. The van der Waals surface area contributed by atoms with Gasteiger partial charge in [0.25, 0.3) is 0 Å². The summed E-state index contributed by atoms with van der Waals surface area (Å²) in [7, 11) is 0. The summed E-state index contributed by atoms with van der Waals surface area (Å²) in [5.74, 6) is 0.795. The van der Waals surface area contributed by atoms with Crippen LogP contribution in [0.3, 0.4) is 0 Å². The standard InChI is InChI=1S/C17H18O2/c1-2-5-12-8-9-16-15(10-12)17(18)14-7-4-3-6-13(14)11-19-16/h3-4,6-10,17-18H,2,5,11H2,1H3. The Labute approximate surface area is 113 Å². The van der Waals surface area contributed by atoms with Crippen LogP contribution in [0.25, 0.3) is 0 Å². The van der Waals surface area contributed by atoms with Gasteiger partial charge in [-0.25, -0.2) is 0 Å². The molecule has 98 valence electrons. The van der Waals surface area contributed by atoms with E-state index >= 15 is 0 Å². The third-order valence-corrected chi connectivity index (χ3v) is 3.64. The van der Waals surface area contributed by atoms with Crippen LogP contribution in [0.2, 0.25) is 0 Å². The predicted octanol–water partition coefficient (Wildman–Crippen LogP) is 3.61. The van der Waals surface area contributed by atoms with Gasteiger partial charge in [-0.1, -0.05) is 43.7 Å². The van der Waals surface area contributed by atoms with Gasteiger partial charge in [0.1, 0.15) is 18.5 Å². The van der Waals surface area contributed by atoms with E-state index in [1.54, 1.807) is 0 Å². The second-order valence-corrected chi connectivity index (χ2v) is 5.01. The van der Waals surface area contributed by atoms with Crippen LogP contribution in [0, 0.1) is 0 Å². The number of aryl methyl sites for hydroxylation is 1. The van der Waals surface area contributed by atoms with Crippen LogP contribution in [-0.2, 0) is 13.0 Å². The molecule has 0 fully saturated rings. The van der Waals surface area contributed by atoms with E-state index in [1.807, 2.05) is 30.3 Å². The van der Waals surface area contributed by atoms with Crippen molar-refractivity contribution >= 4 is 0 Å². The highest BCUT2D eigenvalue weighted by Crippen LogP contribution is 2.36. The van der Waals surface area contributed by atoms with Gasteiger partial charge in [-0.3, -0.25) is 0 Å². The molecule has 0 saturated heterocycles. The highest BCUT2D eigenvalue weighted by atomic mass is 16.5. The number of ether oxygens (including phenoxy) is 1. The van der Waals surface area contributed by atoms with Gasteiger partial charge < -0.3 is 9.84 Å². The third kappa shape index (κ3) is 2.24. The lowest BCUT2D eigenvalue weighted by molar-refractivity contribution is 0.218. The van der Waals surface area contributed by atoms with Crippen molar-refractivity contribution < 1.29 is 9.84 Å². The van der Waals surface area contributed by atoms with Gasteiger partial charge in [0.05, 0.1) is 0 Å². The Kier molecular flexibility index (Phi) is 3.26. The minimum Gasteiger partial charge on any atom is -0.488 e. The van der Waals surface area contributed by atoms with Crippen molar-refractivity contribution in [1.29, 1.82) is 0 Å². The van der Waals surface area contributed by atoms with Gasteiger partial charge >= 0.3 is 0 Å². The first-order chi connectivity index (χ1) is 9.29. The lowest BCUT2D eigenvalue weighted by Gasteiger charge is -2.14. The highest BCUT2D eigenvalue weighted by molar-refractivity contribution is 5.46. The molecule has 19 heavy (non-hydrogen) atoms. The average Bonchev–Trinajstić information content (AvgIpc) is 2.58.